The Kier molecular flexibility index (Phi) is 6.52. The maximum Gasteiger partial charge on any atom is 0.253 e. The van der Waals surface area contributed by atoms with Crippen LogP contribution in [0.3, 0.4) is 0 Å². The van der Waals surface area contributed by atoms with Crippen LogP contribution in [0.15, 0.2) is 24.3 Å². The second-order valence-electron chi connectivity index (χ2n) is 4.70. The molecule has 0 saturated heterocycles. The molecule has 1 atom stereocenters. The van der Waals surface area contributed by atoms with Gasteiger partial charge in [0, 0.05) is 6.04 Å². The fourth-order valence-corrected chi connectivity index (χ4v) is 2.03. The summed E-state index contributed by atoms with van der Waals surface area (Å²) in [5, 5.41) is 5.93. The van der Waals surface area contributed by atoms with Crippen LogP contribution < -0.4 is 10.6 Å². The van der Waals surface area contributed by atoms with Gasteiger partial charge in [0.05, 0.1) is 10.6 Å². The van der Waals surface area contributed by atoms with Gasteiger partial charge < -0.3 is 10.6 Å². The molecule has 0 unspecified atom stereocenters. The van der Waals surface area contributed by atoms with Crippen molar-refractivity contribution in [2.75, 3.05) is 0 Å². The van der Waals surface area contributed by atoms with Crippen molar-refractivity contribution in [2.24, 2.45) is 0 Å². The molecule has 4 nitrogen and oxygen atoms in total. The number of benzene rings is 1. The molecule has 0 saturated carbocycles. The van der Waals surface area contributed by atoms with Gasteiger partial charge in [0.15, 0.2) is 0 Å². The van der Waals surface area contributed by atoms with E-state index in [1.165, 1.54) is 0 Å². The summed E-state index contributed by atoms with van der Waals surface area (Å²) in [4.78, 5) is 24.0. The van der Waals surface area contributed by atoms with E-state index in [2.05, 4.69) is 10.6 Å². The number of rotatable bonds is 6. The molecule has 1 aromatic carbocycles. The molecule has 0 aliphatic rings. The molecule has 0 heterocycles. The van der Waals surface area contributed by atoms with Crippen LogP contribution in [0.25, 0.3) is 0 Å². The van der Waals surface area contributed by atoms with Crippen LogP contribution in [0, 0.1) is 0 Å². The second kappa shape index (κ2) is 7.90. The molecule has 2 amide bonds. The Balaban J connectivity index is 2.62. The zero-order valence-corrected chi connectivity index (χ0v) is 12.8. The SMILES string of the molecule is CCC(CC)NC(=O)[C@H](C)NC(=O)c1ccccc1Cl. The summed E-state index contributed by atoms with van der Waals surface area (Å²) in [6.07, 6.45) is 1.74. The van der Waals surface area contributed by atoms with Crippen LogP contribution in [0.5, 0.6) is 0 Å². The number of nitrogens with one attached hydrogen (secondary N) is 2. The summed E-state index contributed by atoms with van der Waals surface area (Å²) >= 11 is 5.95. The first-order chi connectivity index (χ1) is 9.49. The molecular formula is C15H21ClN2O2. The van der Waals surface area contributed by atoms with E-state index in [0.717, 1.165) is 12.8 Å². The number of hydrogen-bond acceptors (Lipinski definition) is 2. The minimum absolute atomic E-state index is 0.141. The number of carbonyl (C=O) groups is 2. The third-order valence-electron chi connectivity index (χ3n) is 3.19. The molecule has 0 spiro atoms. The van der Waals surface area contributed by atoms with E-state index in [0.29, 0.717) is 10.6 Å². The van der Waals surface area contributed by atoms with Crippen molar-refractivity contribution in [1.29, 1.82) is 0 Å². The lowest BCUT2D eigenvalue weighted by Crippen LogP contribution is -2.47. The van der Waals surface area contributed by atoms with E-state index in [9.17, 15) is 9.59 Å². The molecular weight excluding hydrogens is 276 g/mol. The first-order valence-corrected chi connectivity index (χ1v) is 7.23. The first kappa shape index (κ1) is 16.5. The number of halogens is 1. The van der Waals surface area contributed by atoms with Gasteiger partial charge in [0.2, 0.25) is 5.91 Å². The molecule has 110 valence electrons. The third kappa shape index (κ3) is 4.53. The van der Waals surface area contributed by atoms with Gasteiger partial charge >= 0.3 is 0 Å². The van der Waals surface area contributed by atoms with Crippen LogP contribution in [0.1, 0.15) is 44.0 Å². The summed E-state index contributed by atoms with van der Waals surface area (Å²) in [5.74, 6) is -0.526. The summed E-state index contributed by atoms with van der Waals surface area (Å²) < 4.78 is 0. The zero-order chi connectivity index (χ0) is 15.1. The predicted octanol–water partition coefficient (Wildman–Crippen LogP) is 2.76. The fourth-order valence-electron chi connectivity index (χ4n) is 1.80. The Morgan fingerprint density at radius 2 is 1.75 bits per heavy atom. The minimum atomic E-state index is -0.598. The van der Waals surface area contributed by atoms with Crippen molar-refractivity contribution < 1.29 is 9.59 Å². The fraction of sp³-hybridized carbons (Fsp3) is 0.467. The monoisotopic (exact) mass is 296 g/mol. The van der Waals surface area contributed by atoms with Crippen molar-refractivity contribution in [3.05, 3.63) is 34.9 Å². The quantitative estimate of drug-likeness (QED) is 0.848. The molecule has 20 heavy (non-hydrogen) atoms. The highest BCUT2D eigenvalue weighted by atomic mass is 35.5. The highest BCUT2D eigenvalue weighted by molar-refractivity contribution is 6.33. The molecule has 0 bridgehead atoms. The summed E-state index contributed by atoms with van der Waals surface area (Å²) in [7, 11) is 0. The Morgan fingerprint density at radius 1 is 1.15 bits per heavy atom. The standard InChI is InChI=1S/C15H21ClN2O2/c1-4-11(5-2)18-14(19)10(3)17-15(20)12-8-6-7-9-13(12)16/h6-11H,4-5H2,1-3H3,(H,17,20)(H,18,19)/t10-/m0/s1. The zero-order valence-electron chi connectivity index (χ0n) is 12.1. The van der Waals surface area contributed by atoms with E-state index in [1.54, 1.807) is 31.2 Å². The minimum Gasteiger partial charge on any atom is -0.352 e. The molecule has 0 aliphatic heterocycles. The van der Waals surface area contributed by atoms with Gasteiger partial charge in [0.25, 0.3) is 5.91 Å². The van der Waals surface area contributed by atoms with Crippen molar-refractivity contribution in [3.8, 4) is 0 Å². The molecule has 1 rings (SSSR count). The lowest BCUT2D eigenvalue weighted by molar-refractivity contribution is -0.123. The highest BCUT2D eigenvalue weighted by Crippen LogP contribution is 2.14. The van der Waals surface area contributed by atoms with E-state index in [4.69, 9.17) is 11.6 Å². The Labute approximate surface area is 124 Å². The van der Waals surface area contributed by atoms with Gasteiger partial charge in [-0.3, -0.25) is 9.59 Å². The number of amides is 2. The summed E-state index contributed by atoms with van der Waals surface area (Å²) in [6, 6.07) is 6.30. The molecule has 5 heteroatoms. The topological polar surface area (TPSA) is 58.2 Å². The third-order valence-corrected chi connectivity index (χ3v) is 3.52. The van der Waals surface area contributed by atoms with E-state index < -0.39 is 6.04 Å². The lowest BCUT2D eigenvalue weighted by Gasteiger charge is -2.19. The van der Waals surface area contributed by atoms with Crippen LogP contribution >= 0.6 is 11.6 Å². The largest absolute Gasteiger partial charge is 0.352 e. The predicted molar refractivity (Wildman–Crippen MR) is 80.9 cm³/mol. The van der Waals surface area contributed by atoms with E-state index >= 15 is 0 Å². The van der Waals surface area contributed by atoms with Gasteiger partial charge in [-0.15, -0.1) is 0 Å². The maximum atomic E-state index is 12.0. The normalized spacial score (nSPS) is 12.1. The number of carbonyl (C=O) groups excluding carboxylic acids is 2. The molecule has 0 radical (unpaired) electrons. The smallest absolute Gasteiger partial charge is 0.253 e. The van der Waals surface area contributed by atoms with Gasteiger partial charge in [-0.1, -0.05) is 37.6 Å². The summed E-state index contributed by atoms with van der Waals surface area (Å²) in [6.45, 7) is 5.69. The van der Waals surface area contributed by atoms with Crippen LogP contribution in [0.2, 0.25) is 5.02 Å². The van der Waals surface area contributed by atoms with E-state index in [-0.39, 0.29) is 17.9 Å². The van der Waals surface area contributed by atoms with Crippen LogP contribution in [0.4, 0.5) is 0 Å². The average Bonchev–Trinajstić information content (AvgIpc) is 2.44. The van der Waals surface area contributed by atoms with Crippen molar-refractivity contribution in [2.45, 2.75) is 45.7 Å². The van der Waals surface area contributed by atoms with Crippen molar-refractivity contribution >= 4 is 23.4 Å². The van der Waals surface area contributed by atoms with Crippen molar-refractivity contribution in [1.82, 2.24) is 10.6 Å². The Bertz CT molecular complexity index is 473. The molecule has 2 N–H and O–H groups in total. The molecule has 0 fully saturated rings. The Morgan fingerprint density at radius 3 is 2.30 bits per heavy atom. The Hall–Kier alpha value is -1.55. The molecule has 1 aromatic rings. The average molecular weight is 297 g/mol. The van der Waals surface area contributed by atoms with Crippen LogP contribution in [-0.4, -0.2) is 23.9 Å². The summed E-state index contributed by atoms with van der Waals surface area (Å²) in [5.41, 5.74) is 0.372. The van der Waals surface area contributed by atoms with Crippen LogP contribution in [-0.2, 0) is 4.79 Å². The second-order valence-corrected chi connectivity index (χ2v) is 5.10. The van der Waals surface area contributed by atoms with E-state index in [1.807, 2.05) is 13.8 Å². The maximum absolute atomic E-state index is 12.0. The molecule has 0 aliphatic carbocycles. The van der Waals surface area contributed by atoms with Gasteiger partial charge in [-0.05, 0) is 31.9 Å². The van der Waals surface area contributed by atoms with Crippen molar-refractivity contribution in [3.63, 3.8) is 0 Å². The highest BCUT2D eigenvalue weighted by Gasteiger charge is 2.19. The van der Waals surface area contributed by atoms with Gasteiger partial charge in [0.1, 0.15) is 6.04 Å². The lowest BCUT2D eigenvalue weighted by atomic mass is 10.1. The number of hydrogen-bond donors (Lipinski definition) is 2. The first-order valence-electron chi connectivity index (χ1n) is 6.85. The van der Waals surface area contributed by atoms with Gasteiger partial charge in [-0.2, -0.15) is 0 Å². The molecule has 0 aromatic heterocycles. The van der Waals surface area contributed by atoms with Gasteiger partial charge in [-0.25, -0.2) is 0 Å².